The van der Waals surface area contributed by atoms with E-state index < -0.39 is 33.8 Å². The maximum absolute atomic E-state index is 14.0. The van der Waals surface area contributed by atoms with Gasteiger partial charge in [0.25, 0.3) is 10.0 Å². The molecule has 0 amide bonds. The molecule has 0 aliphatic carbocycles. The molecular formula is C27H24N4O7S2. The molecule has 40 heavy (non-hydrogen) atoms. The zero-order valence-corrected chi connectivity index (χ0v) is 23.1. The molecule has 0 saturated carbocycles. The molecule has 2 aromatic carbocycles. The first kappa shape index (κ1) is 27.2. The number of hydrogen-bond donors (Lipinski definition) is 1. The van der Waals surface area contributed by atoms with E-state index in [9.17, 15) is 17.8 Å². The second-order valence-electron chi connectivity index (χ2n) is 8.66. The fourth-order valence-corrected chi connectivity index (χ4v) is 7.19. The van der Waals surface area contributed by atoms with Gasteiger partial charge in [0.05, 0.1) is 28.7 Å². The lowest BCUT2D eigenvalue weighted by atomic mass is 10.2. The molecule has 1 unspecified atom stereocenters. The minimum Gasteiger partial charge on any atom is -0.609 e. The maximum atomic E-state index is 14.0. The highest BCUT2D eigenvalue weighted by Crippen LogP contribution is 2.31. The van der Waals surface area contributed by atoms with E-state index >= 15 is 0 Å². The Labute approximate surface area is 232 Å². The quantitative estimate of drug-likeness (QED) is 0.245. The number of pyridine rings is 1. The first-order chi connectivity index (χ1) is 19.2. The van der Waals surface area contributed by atoms with Gasteiger partial charge in [-0.25, -0.2) is 13.2 Å². The zero-order valence-electron chi connectivity index (χ0n) is 21.4. The smallest absolute Gasteiger partial charge is 0.341 e. The zero-order chi connectivity index (χ0) is 28.4. The average Bonchev–Trinajstić information content (AvgIpc) is 3.62. The van der Waals surface area contributed by atoms with Gasteiger partial charge >= 0.3 is 11.1 Å². The van der Waals surface area contributed by atoms with E-state index in [1.165, 1.54) is 37.6 Å². The summed E-state index contributed by atoms with van der Waals surface area (Å²) in [6.07, 6.45) is 5.23. The summed E-state index contributed by atoms with van der Waals surface area (Å²) in [7, 11) is -2.77. The van der Waals surface area contributed by atoms with Crippen molar-refractivity contribution in [1.82, 2.24) is 18.5 Å². The lowest BCUT2D eigenvalue weighted by molar-refractivity contribution is -0.139. The number of methoxy groups -OCH3 is 1. The van der Waals surface area contributed by atoms with Crippen LogP contribution >= 0.6 is 0 Å². The summed E-state index contributed by atoms with van der Waals surface area (Å²) < 4.78 is 55.0. The Kier molecular flexibility index (Phi) is 7.52. The number of nitrogens with zero attached hydrogens (tertiary/aromatic N) is 4. The Bertz CT molecular complexity index is 1780. The van der Waals surface area contributed by atoms with Crippen molar-refractivity contribution in [2.75, 3.05) is 13.7 Å². The van der Waals surface area contributed by atoms with Crippen molar-refractivity contribution in [3.63, 3.8) is 0 Å². The Morgan fingerprint density at radius 1 is 1.10 bits per heavy atom. The molecule has 0 spiro atoms. The largest absolute Gasteiger partial charge is 0.609 e. The normalized spacial score (nSPS) is 12.4. The highest BCUT2D eigenvalue weighted by molar-refractivity contribution is 7.93. The lowest BCUT2D eigenvalue weighted by Crippen LogP contribution is -2.20. The van der Waals surface area contributed by atoms with Crippen molar-refractivity contribution in [2.24, 2.45) is 0 Å². The molecule has 0 aliphatic rings. The van der Waals surface area contributed by atoms with Gasteiger partial charge in [0, 0.05) is 41.0 Å². The van der Waals surface area contributed by atoms with Gasteiger partial charge in [0.15, 0.2) is 12.4 Å². The van der Waals surface area contributed by atoms with Crippen LogP contribution in [0.2, 0.25) is 0 Å². The summed E-state index contributed by atoms with van der Waals surface area (Å²) in [5.41, 5.74) is 2.52. The summed E-state index contributed by atoms with van der Waals surface area (Å²) >= 11 is -1.92. The minimum absolute atomic E-state index is 0.0890. The summed E-state index contributed by atoms with van der Waals surface area (Å²) in [4.78, 5) is 19.5. The van der Waals surface area contributed by atoms with Crippen LogP contribution in [-0.4, -0.2) is 56.3 Å². The molecule has 0 fully saturated rings. The fraction of sp³-hybridized carbons (Fsp3) is 0.148. The van der Waals surface area contributed by atoms with Crippen molar-refractivity contribution < 1.29 is 32.3 Å². The van der Waals surface area contributed by atoms with E-state index in [0.29, 0.717) is 22.5 Å². The number of carboxylic acid groups (broad SMARTS) is 1. The third-order valence-electron chi connectivity index (χ3n) is 6.14. The molecule has 3 heterocycles. The van der Waals surface area contributed by atoms with Crippen molar-refractivity contribution in [3.05, 3.63) is 90.5 Å². The molecule has 13 heteroatoms. The van der Waals surface area contributed by atoms with Gasteiger partial charge in [-0.2, -0.15) is 8.96 Å². The van der Waals surface area contributed by atoms with Crippen LogP contribution in [0.1, 0.15) is 11.3 Å². The van der Waals surface area contributed by atoms with Gasteiger partial charge in [-0.05, 0) is 67.6 Å². The molecule has 1 N–H and O–H groups in total. The Morgan fingerprint density at radius 2 is 1.82 bits per heavy atom. The molecule has 0 aliphatic heterocycles. The molecule has 0 bridgehead atoms. The Hall–Kier alpha value is -4.33. The molecule has 1 atom stereocenters. The number of ether oxygens (including phenoxy) is 2. The highest BCUT2D eigenvalue weighted by Gasteiger charge is 2.32. The number of carbonyl (C=O) groups is 1. The number of fused-ring (bicyclic) bond motifs is 1. The molecule has 11 nitrogen and oxygen atoms in total. The van der Waals surface area contributed by atoms with Crippen molar-refractivity contribution in [1.29, 1.82) is 0 Å². The number of imidazole rings is 1. The molecule has 3 aromatic heterocycles. The molecule has 5 rings (SSSR count). The maximum Gasteiger partial charge on any atom is 0.341 e. The van der Waals surface area contributed by atoms with Gasteiger partial charge < -0.3 is 23.7 Å². The lowest BCUT2D eigenvalue weighted by Gasteiger charge is -2.14. The minimum atomic E-state index is -4.29. The van der Waals surface area contributed by atoms with E-state index in [1.807, 2.05) is 29.1 Å². The van der Waals surface area contributed by atoms with Crippen LogP contribution < -0.4 is 9.47 Å². The van der Waals surface area contributed by atoms with E-state index in [0.717, 1.165) is 9.66 Å². The number of hydrogen-bond acceptors (Lipinski definition) is 8. The summed E-state index contributed by atoms with van der Waals surface area (Å²) in [5.74, 6) is -0.482. The number of aliphatic carboxylic acids is 1. The van der Waals surface area contributed by atoms with E-state index in [2.05, 4.69) is 9.97 Å². The van der Waals surface area contributed by atoms with E-state index in [4.69, 9.17) is 14.6 Å². The number of rotatable bonds is 10. The number of aromatic nitrogens is 4. The monoisotopic (exact) mass is 580 g/mol. The predicted octanol–water partition coefficient (Wildman–Crippen LogP) is 3.55. The Balaban J connectivity index is 1.61. The summed E-state index contributed by atoms with van der Waals surface area (Å²) in [6.45, 7) is 1.22. The van der Waals surface area contributed by atoms with Crippen LogP contribution in [0.3, 0.4) is 0 Å². The summed E-state index contributed by atoms with van der Waals surface area (Å²) in [5, 5.41) is 8.67. The average molecular weight is 581 g/mol. The van der Waals surface area contributed by atoms with Gasteiger partial charge in [-0.15, -0.1) is 0 Å². The van der Waals surface area contributed by atoms with Crippen LogP contribution in [0, 0.1) is 6.92 Å². The molecule has 206 valence electrons. The van der Waals surface area contributed by atoms with Crippen LogP contribution in [0.4, 0.5) is 0 Å². The van der Waals surface area contributed by atoms with Gasteiger partial charge in [-0.3, -0.25) is 4.98 Å². The molecule has 5 aromatic rings. The molecule has 0 saturated heterocycles. The third kappa shape index (κ3) is 5.26. The second kappa shape index (κ2) is 11.0. The van der Waals surface area contributed by atoms with Crippen LogP contribution in [0.25, 0.3) is 16.7 Å². The standard InChI is InChI=1S/C27H24N4O7S2/c1-18-23(28-12-11-25(18)37-2)17-39(34)27-29-22-15-19(30-13-3-4-14-30)5-10-24(22)31(27)40(35,36)21-8-6-20(7-9-21)38-16-26(32)33/h3-15H,16-17H2,1-2H3,(H,32,33). The van der Waals surface area contributed by atoms with Crippen molar-refractivity contribution in [3.8, 4) is 17.2 Å². The Morgan fingerprint density at radius 3 is 2.50 bits per heavy atom. The number of carboxylic acids is 1. The van der Waals surface area contributed by atoms with Gasteiger partial charge in [0.1, 0.15) is 11.5 Å². The third-order valence-corrected chi connectivity index (χ3v) is 9.20. The second-order valence-corrected chi connectivity index (χ2v) is 11.8. The molecular weight excluding hydrogens is 556 g/mol. The van der Waals surface area contributed by atoms with Crippen LogP contribution in [0.15, 0.2) is 89.3 Å². The van der Waals surface area contributed by atoms with Crippen LogP contribution in [0.5, 0.6) is 11.5 Å². The van der Waals surface area contributed by atoms with Gasteiger partial charge in [0.2, 0.25) is 0 Å². The van der Waals surface area contributed by atoms with Crippen molar-refractivity contribution in [2.45, 2.75) is 22.7 Å². The van der Waals surface area contributed by atoms with Crippen LogP contribution in [-0.2, 0) is 31.7 Å². The van der Waals surface area contributed by atoms with E-state index in [-0.39, 0.29) is 27.1 Å². The SMILES string of the molecule is COc1ccnc(C[S+]([O-])c2nc3cc(-n4cccc4)ccc3n2S(=O)(=O)c2ccc(OCC(=O)O)cc2)c1C. The topological polar surface area (TPSA) is 149 Å². The first-order valence-electron chi connectivity index (χ1n) is 11.9. The van der Waals surface area contributed by atoms with Gasteiger partial charge in [-0.1, -0.05) is 0 Å². The fourth-order valence-electron chi connectivity index (χ4n) is 4.14. The predicted molar refractivity (Wildman–Crippen MR) is 147 cm³/mol. The summed E-state index contributed by atoms with van der Waals surface area (Å²) in [6, 6.07) is 15.8. The van der Waals surface area contributed by atoms with Crippen molar-refractivity contribution >= 4 is 38.2 Å². The van der Waals surface area contributed by atoms with E-state index in [1.54, 1.807) is 31.2 Å². The molecule has 0 radical (unpaired) electrons. The number of benzene rings is 2. The first-order valence-corrected chi connectivity index (χ1v) is 14.7. The highest BCUT2D eigenvalue weighted by atomic mass is 32.2.